The molecule has 0 saturated carbocycles. The zero-order valence-electron chi connectivity index (χ0n) is 9.20. The van der Waals surface area contributed by atoms with Crippen molar-refractivity contribution in [2.24, 2.45) is 5.18 Å². The number of nitroso groups, excluding NO2 is 1. The lowest BCUT2D eigenvalue weighted by atomic mass is 10.0. The molecule has 5 heteroatoms. The largest absolute Gasteiger partial charge is 0.506 e. The average molecular weight is 235 g/mol. The predicted octanol–water partition coefficient (Wildman–Crippen LogP) is 3.26. The van der Waals surface area contributed by atoms with Crippen molar-refractivity contribution in [2.45, 2.75) is 19.1 Å². The fraction of sp³-hybridized carbons (Fsp3) is 0.250. The van der Waals surface area contributed by atoms with Gasteiger partial charge in [-0.2, -0.15) is 4.91 Å². The van der Waals surface area contributed by atoms with Crippen molar-refractivity contribution in [1.29, 1.82) is 0 Å². The Hall–Kier alpha value is -2.17. The van der Waals surface area contributed by atoms with E-state index in [2.05, 4.69) is 11.8 Å². The van der Waals surface area contributed by atoms with Gasteiger partial charge in [-0.15, -0.1) is 6.58 Å². The van der Waals surface area contributed by atoms with Gasteiger partial charge >= 0.3 is 6.16 Å². The third kappa shape index (κ3) is 4.06. The first kappa shape index (κ1) is 12.9. The molecule has 0 fully saturated rings. The highest BCUT2D eigenvalue weighted by atomic mass is 16.7. The summed E-state index contributed by atoms with van der Waals surface area (Å²) in [4.78, 5) is 20.6. The van der Waals surface area contributed by atoms with Gasteiger partial charge in [-0.05, 0) is 11.1 Å². The van der Waals surface area contributed by atoms with Crippen LogP contribution in [0.15, 0.2) is 42.1 Å². The Morgan fingerprint density at radius 2 is 2.12 bits per heavy atom. The van der Waals surface area contributed by atoms with Crippen LogP contribution in [-0.4, -0.2) is 11.3 Å². The van der Waals surface area contributed by atoms with Gasteiger partial charge in [0.15, 0.2) is 0 Å². The number of carboxylic acid groups (broad SMARTS) is 1. The lowest BCUT2D eigenvalue weighted by molar-refractivity contribution is 0.0524. The maximum Gasteiger partial charge on any atom is 0.506 e. The van der Waals surface area contributed by atoms with Crippen molar-refractivity contribution >= 4 is 6.16 Å². The number of benzene rings is 1. The Bertz CT molecular complexity index is 399. The second-order valence-corrected chi connectivity index (χ2v) is 3.43. The lowest BCUT2D eigenvalue weighted by Crippen LogP contribution is -2.08. The second kappa shape index (κ2) is 6.42. The van der Waals surface area contributed by atoms with Crippen molar-refractivity contribution in [2.75, 3.05) is 0 Å². The van der Waals surface area contributed by atoms with Crippen LogP contribution in [0.2, 0.25) is 0 Å². The van der Waals surface area contributed by atoms with Crippen molar-refractivity contribution in [3.8, 4) is 0 Å². The van der Waals surface area contributed by atoms with Gasteiger partial charge in [-0.3, -0.25) is 0 Å². The molecule has 0 spiro atoms. The van der Waals surface area contributed by atoms with Crippen LogP contribution in [0.25, 0.3) is 0 Å². The van der Waals surface area contributed by atoms with E-state index in [1.165, 1.54) is 0 Å². The summed E-state index contributed by atoms with van der Waals surface area (Å²) in [5, 5.41) is 11.4. The highest BCUT2D eigenvalue weighted by Gasteiger charge is 2.14. The van der Waals surface area contributed by atoms with Crippen LogP contribution in [0, 0.1) is 4.91 Å². The molecule has 1 aromatic rings. The Morgan fingerprint density at radius 1 is 1.47 bits per heavy atom. The standard InChI is InChI=1S/C12H13NO4/c1-2-3-11(17-12(14)15)10-6-4-9(5-7-10)8-13-16/h2,4-7,11H,1,3,8H2,(H,14,15)/t11-/m0/s1. The van der Waals surface area contributed by atoms with Gasteiger partial charge in [0.25, 0.3) is 0 Å². The van der Waals surface area contributed by atoms with Crippen molar-refractivity contribution in [3.63, 3.8) is 0 Å². The topological polar surface area (TPSA) is 76.0 Å². The molecule has 0 aliphatic heterocycles. The Morgan fingerprint density at radius 3 is 2.59 bits per heavy atom. The zero-order chi connectivity index (χ0) is 12.7. The van der Waals surface area contributed by atoms with Gasteiger partial charge in [-0.1, -0.05) is 35.5 Å². The summed E-state index contributed by atoms with van der Waals surface area (Å²) in [6.45, 7) is 3.65. The predicted molar refractivity (Wildman–Crippen MR) is 62.6 cm³/mol. The molecule has 0 radical (unpaired) electrons. The quantitative estimate of drug-likeness (QED) is 0.466. The van der Waals surface area contributed by atoms with Crippen molar-refractivity contribution in [3.05, 3.63) is 53.0 Å². The van der Waals surface area contributed by atoms with E-state index in [0.717, 1.165) is 11.1 Å². The first-order chi connectivity index (χ1) is 8.17. The van der Waals surface area contributed by atoms with E-state index in [1.54, 1.807) is 30.3 Å². The Kier molecular flexibility index (Phi) is 4.87. The van der Waals surface area contributed by atoms with E-state index < -0.39 is 12.3 Å². The van der Waals surface area contributed by atoms with Crippen LogP contribution in [0.1, 0.15) is 23.7 Å². The molecule has 1 aromatic carbocycles. The van der Waals surface area contributed by atoms with Gasteiger partial charge < -0.3 is 9.84 Å². The highest BCUT2D eigenvalue weighted by molar-refractivity contribution is 5.57. The fourth-order valence-corrected chi connectivity index (χ4v) is 1.44. The van der Waals surface area contributed by atoms with Crippen molar-refractivity contribution in [1.82, 2.24) is 0 Å². The summed E-state index contributed by atoms with van der Waals surface area (Å²) in [5.74, 6) is 0. The summed E-state index contributed by atoms with van der Waals surface area (Å²) in [6.07, 6.45) is 0.102. The molecule has 1 rings (SSSR count). The van der Waals surface area contributed by atoms with Gasteiger partial charge in [0.2, 0.25) is 0 Å². The van der Waals surface area contributed by atoms with E-state index in [0.29, 0.717) is 6.42 Å². The van der Waals surface area contributed by atoms with E-state index in [-0.39, 0.29) is 6.54 Å². The van der Waals surface area contributed by atoms with Crippen LogP contribution in [0.4, 0.5) is 4.79 Å². The summed E-state index contributed by atoms with van der Waals surface area (Å²) in [7, 11) is 0. The number of rotatable bonds is 6. The number of carbonyl (C=O) groups is 1. The second-order valence-electron chi connectivity index (χ2n) is 3.43. The molecule has 0 amide bonds. The van der Waals surface area contributed by atoms with Gasteiger partial charge in [-0.25, -0.2) is 4.79 Å². The SMILES string of the molecule is C=CC[C@H](OC(=O)O)c1ccc(CN=O)cc1. The molecule has 0 saturated heterocycles. The summed E-state index contributed by atoms with van der Waals surface area (Å²) in [6, 6.07) is 6.88. The Labute approximate surface area is 98.7 Å². The zero-order valence-corrected chi connectivity index (χ0v) is 9.20. The normalized spacial score (nSPS) is 11.5. The number of hydrogen-bond acceptors (Lipinski definition) is 4. The maximum atomic E-state index is 10.5. The molecule has 1 N–H and O–H groups in total. The molecule has 0 aromatic heterocycles. The molecule has 0 bridgehead atoms. The minimum atomic E-state index is -1.32. The van der Waals surface area contributed by atoms with Crippen LogP contribution >= 0.6 is 0 Å². The smallest absolute Gasteiger partial charge is 0.450 e. The molecule has 1 atom stereocenters. The maximum absolute atomic E-state index is 10.5. The molecule has 0 aliphatic carbocycles. The molecular formula is C12H13NO4. The van der Waals surface area contributed by atoms with Gasteiger partial charge in [0.1, 0.15) is 12.6 Å². The van der Waals surface area contributed by atoms with E-state index in [9.17, 15) is 9.70 Å². The first-order valence-electron chi connectivity index (χ1n) is 5.05. The molecule has 17 heavy (non-hydrogen) atoms. The summed E-state index contributed by atoms with van der Waals surface area (Å²) in [5.41, 5.74) is 1.50. The van der Waals surface area contributed by atoms with Crippen LogP contribution in [0.5, 0.6) is 0 Å². The third-order valence-corrected chi connectivity index (χ3v) is 2.22. The summed E-state index contributed by atoms with van der Waals surface area (Å²) < 4.78 is 4.74. The number of hydrogen-bond donors (Lipinski definition) is 1. The summed E-state index contributed by atoms with van der Waals surface area (Å²) >= 11 is 0. The average Bonchev–Trinajstić information content (AvgIpc) is 2.29. The highest BCUT2D eigenvalue weighted by Crippen LogP contribution is 2.22. The molecule has 5 nitrogen and oxygen atoms in total. The number of ether oxygens (including phenoxy) is 1. The molecule has 0 heterocycles. The molecule has 90 valence electrons. The fourth-order valence-electron chi connectivity index (χ4n) is 1.44. The van der Waals surface area contributed by atoms with Crippen LogP contribution < -0.4 is 0 Å². The molecular weight excluding hydrogens is 222 g/mol. The monoisotopic (exact) mass is 235 g/mol. The van der Waals surface area contributed by atoms with Crippen LogP contribution in [0.3, 0.4) is 0 Å². The third-order valence-electron chi connectivity index (χ3n) is 2.22. The van der Waals surface area contributed by atoms with Crippen molar-refractivity contribution < 1.29 is 14.6 Å². The first-order valence-corrected chi connectivity index (χ1v) is 5.05. The van der Waals surface area contributed by atoms with E-state index in [1.807, 2.05) is 0 Å². The van der Waals surface area contributed by atoms with Gasteiger partial charge in [0.05, 0.1) is 0 Å². The lowest BCUT2D eigenvalue weighted by Gasteiger charge is -2.14. The minimum absolute atomic E-state index is 0.103. The molecule has 0 unspecified atom stereocenters. The van der Waals surface area contributed by atoms with E-state index >= 15 is 0 Å². The number of nitrogens with zero attached hydrogens (tertiary/aromatic N) is 1. The van der Waals surface area contributed by atoms with Crippen LogP contribution in [-0.2, 0) is 11.3 Å². The Balaban J connectivity index is 2.82. The van der Waals surface area contributed by atoms with E-state index in [4.69, 9.17) is 9.84 Å². The van der Waals surface area contributed by atoms with Gasteiger partial charge in [0, 0.05) is 6.42 Å². The minimum Gasteiger partial charge on any atom is -0.450 e. The molecule has 0 aliphatic rings.